The number of para-hydroxylation sites is 1. The molecule has 124 valence electrons. The van der Waals surface area contributed by atoms with Gasteiger partial charge >= 0.3 is 6.09 Å². The first-order valence-corrected chi connectivity index (χ1v) is 8.65. The Labute approximate surface area is 142 Å². The predicted molar refractivity (Wildman–Crippen MR) is 92.0 cm³/mol. The van der Waals surface area contributed by atoms with Crippen LogP contribution in [0.25, 0.3) is 0 Å². The summed E-state index contributed by atoms with van der Waals surface area (Å²) in [6.07, 6.45) is 1.84. The molecule has 0 bridgehead atoms. The van der Waals surface area contributed by atoms with Crippen LogP contribution >= 0.6 is 0 Å². The van der Waals surface area contributed by atoms with E-state index in [-0.39, 0.29) is 11.5 Å². The number of fused-ring (bicyclic) bond motifs is 2. The molecule has 4 nitrogen and oxygen atoms in total. The van der Waals surface area contributed by atoms with E-state index in [9.17, 15) is 4.79 Å². The Morgan fingerprint density at radius 1 is 1.04 bits per heavy atom. The Hall–Kier alpha value is -2.33. The van der Waals surface area contributed by atoms with Crippen molar-refractivity contribution in [3.05, 3.63) is 65.7 Å². The van der Waals surface area contributed by atoms with Crippen LogP contribution in [0.4, 0.5) is 10.5 Å². The number of ether oxygens (including phenoxy) is 1. The fourth-order valence-corrected chi connectivity index (χ4v) is 3.97. The number of amides is 1. The lowest BCUT2D eigenvalue weighted by molar-refractivity contribution is -0.569. The van der Waals surface area contributed by atoms with E-state index >= 15 is 0 Å². The van der Waals surface area contributed by atoms with Gasteiger partial charge in [0.15, 0.2) is 0 Å². The molecule has 4 heteroatoms. The maximum absolute atomic E-state index is 12.3. The smallest absolute Gasteiger partial charge is 0.410 e. The lowest BCUT2D eigenvalue weighted by atomic mass is 9.74. The minimum absolute atomic E-state index is 0.191. The number of carbonyl (C=O) groups excluding carboxylic acids is 1. The molecular weight excluding hydrogens is 300 g/mol. The van der Waals surface area contributed by atoms with Crippen LogP contribution in [0.3, 0.4) is 0 Å². The maximum Gasteiger partial charge on any atom is 0.410 e. The molecule has 0 radical (unpaired) electrons. The Kier molecular flexibility index (Phi) is 3.98. The highest BCUT2D eigenvalue weighted by atomic mass is 16.6. The van der Waals surface area contributed by atoms with Crippen LogP contribution in [0, 0.1) is 0 Å². The van der Waals surface area contributed by atoms with Gasteiger partial charge in [-0.15, -0.1) is 0 Å². The molecule has 1 amide bonds. The van der Waals surface area contributed by atoms with Gasteiger partial charge in [-0.1, -0.05) is 48.5 Å². The van der Waals surface area contributed by atoms with Crippen molar-refractivity contribution in [1.82, 2.24) is 4.90 Å². The van der Waals surface area contributed by atoms with Gasteiger partial charge in [-0.2, -0.15) is 0 Å². The van der Waals surface area contributed by atoms with E-state index in [0.29, 0.717) is 6.61 Å². The topological polar surface area (TPSA) is 46.1 Å². The summed E-state index contributed by atoms with van der Waals surface area (Å²) < 4.78 is 5.47. The molecule has 2 heterocycles. The summed E-state index contributed by atoms with van der Waals surface area (Å²) in [5.74, 6) is 0. The summed E-state index contributed by atoms with van der Waals surface area (Å²) in [7, 11) is 0. The fourth-order valence-electron chi connectivity index (χ4n) is 3.97. The summed E-state index contributed by atoms with van der Waals surface area (Å²) in [4.78, 5) is 14.2. The number of piperidine rings is 1. The number of nitrogens with two attached hydrogens (primary N) is 1. The number of likely N-dealkylation sites (tertiary alicyclic amines) is 1. The SMILES string of the molecule is O=C(OCc1ccccc1)N1CCC2(CC1)C[NH2+]c1ccccc12. The van der Waals surface area contributed by atoms with Crippen molar-refractivity contribution in [3.63, 3.8) is 0 Å². The molecule has 1 saturated heterocycles. The minimum Gasteiger partial charge on any atom is -0.445 e. The average Bonchev–Trinajstić information content (AvgIpc) is 3.00. The van der Waals surface area contributed by atoms with Gasteiger partial charge in [0.2, 0.25) is 0 Å². The molecular formula is C20H23N2O2+. The molecule has 2 N–H and O–H groups in total. The highest BCUT2D eigenvalue weighted by Crippen LogP contribution is 2.40. The van der Waals surface area contributed by atoms with E-state index in [1.165, 1.54) is 11.3 Å². The third-order valence-electron chi connectivity index (χ3n) is 5.43. The first kappa shape index (κ1) is 15.2. The zero-order valence-electron chi connectivity index (χ0n) is 13.8. The monoisotopic (exact) mass is 323 g/mol. The standard InChI is InChI=1S/C20H22N2O2/c23-19(24-14-16-6-2-1-3-7-16)22-12-10-20(11-13-22)15-21-18-9-5-4-8-17(18)20/h1-9,21H,10-15H2/p+1. The summed E-state index contributed by atoms with van der Waals surface area (Å²) >= 11 is 0. The molecule has 2 aliphatic rings. The Morgan fingerprint density at radius 2 is 1.75 bits per heavy atom. The second-order valence-corrected chi connectivity index (χ2v) is 6.80. The second-order valence-electron chi connectivity index (χ2n) is 6.80. The summed E-state index contributed by atoms with van der Waals surface area (Å²) in [5, 5.41) is 2.35. The molecule has 0 aliphatic carbocycles. The van der Waals surface area contributed by atoms with E-state index < -0.39 is 0 Å². The van der Waals surface area contributed by atoms with Gasteiger partial charge in [-0.05, 0) is 24.5 Å². The summed E-state index contributed by atoms with van der Waals surface area (Å²) in [6, 6.07) is 18.5. The van der Waals surface area contributed by atoms with Crippen molar-refractivity contribution >= 4 is 11.8 Å². The first-order chi connectivity index (χ1) is 11.8. The summed E-state index contributed by atoms with van der Waals surface area (Å²) in [5.41, 5.74) is 4.09. The van der Waals surface area contributed by atoms with Crippen molar-refractivity contribution in [1.29, 1.82) is 0 Å². The minimum atomic E-state index is -0.191. The highest BCUT2D eigenvalue weighted by molar-refractivity contribution is 5.68. The van der Waals surface area contributed by atoms with Gasteiger partial charge in [0.25, 0.3) is 0 Å². The molecule has 0 unspecified atom stereocenters. The van der Waals surface area contributed by atoms with E-state index in [1.54, 1.807) is 0 Å². The maximum atomic E-state index is 12.3. The molecule has 1 fully saturated rings. The zero-order valence-corrected chi connectivity index (χ0v) is 13.8. The van der Waals surface area contributed by atoms with Crippen molar-refractivity contribution < 1.29 is 14.8 Å². The second kappa shape index (κ2) is 6.29. The molecule has 0 aromatic heterocycles. The molecule has 1 spiro atoms. The molecule has 2 aliphatic heterocycles. The van der Waals surface area contributed by atoms with Gasteiger partial charge in [-0.25, -0.2) is 4.79 Å². The lowest BCUT2D eigenvalue weighted by Crippen LogP contribution is -2.78. The number of quaternary nitrogens is 1. The third kappa shape index (κ3) is 2.78. The van der Waals surface area contributed by atoms with Gasteiger partial charge in [0.1, 0.15) is 12.3 Å². The molecule has 0 saturated carbocycles. The fraction of sp³-hybridized carbons (Fsp3) is 0.350. The van der Waals surface area contributed by atoms with Crippen molar-refractivity contribution in [2.24, 2.45) is 0 Å². The van der Waals surface area contributed by atoms with Crippen LogP contribution < -0.4 is 5.32 Å². The number of carbonyl (C=O) groups is 1. The van der Waals surface area contributed by atoms with Crippen LogP contribution in [0.1, 0.15) is 24.0 Å². The van der Waals surface area contributed by atoms with Gasteiger partial charge in [0.05, 0.1) is 12.0 Å². The van der Waals surface area contributed by atoms with Crippen LogP contribution in [0.5, 0.6) is 0 Å². The normalized spacial score (nSPS) is 18.4. The van der Waals surface area contributed by atoms with E-state index in [2.05, 4.69) is 29.6 Å². The van der Waals surface area contributed by atoms with Crippen LogP contribution in [-0.4, -0.2) is 30.6 Å². The molecule has 0 atom stereocenters. The van der Waals surface area contributed by atoms with Crippen molar-refractivity contribution in [2.45, 2.75) is 24.9 Å². The lowest BCUT2D eigenvalue weighted by Gasteiger charge is -2.37. The largest absolute Gasteiger partial charge is 0.445 e. The Morgan fingerprint density at radius 3 is 2.54 bits per heavy atom. The summed E-state index contributed by atoms with van der Waals surface area (Å²) in [6.45, 7) is 2.99. The molecule has 4 rings (SSSR count). The predicted octanol–water partition coefficient (Wildman–Crippen LogP) is 2.57. The van der Waals surface area contributed by atoms with Gasteiger partial charge in [0, 0.05) is 18.7 Å². The number of benzene rings is 2. The quantitative estimate of drug-likeness (QED) is 0.864. The van der Waals surface area contributed by atoms with Crippen molar-refractivity contribution in [3.8, 4) is 0 Å². The van der Waals surface area contributed by atoms with Gasteiger partial charge in [-0.3, -0.25) is 0 Å². The van der Waals surface area contributed by atoms with Crippen LogP contribution in [0.2, 0.25) is 0 Å². The number of hydrogen-bond donors (Lipinski definition) is 1. The van der Waals surface area contributed by atoms with Crippen LogP contribution in [-0.2, 0) is 16.8 Å². The molecule has 2 aromatic rings. The third-order valence-corrected chi connectivity index (χ3v) is 5.43. The van der Waals surface area contributed by atoms with E-state index in [0.717, 1.165) is 38.0 Å². The zero-order chi connectivity index (χ0) is 16.4. The molecule has 2 aromatic carbocycles. The molecule has 24 heavy (non-hydrogen) atoms. The Balaban J connectivity index is 1.36. The van der Waals surface area contributed by atoms with E-state index in [4.69, 9.17) is 4.74 Å². The number of nitrogens with zero attached hydrogens (tertiary/aromatic N) is 1. The number of hydrogen-bond acceptors (Lipinski definition) is 2. The van der Waals surface area contributed by atoms with E-state index in [1.807, 2.05) is 35.2 Å². The first-order valence-electron chi connectivity index (χ1n) is 8.65. The van der Waals surface area contributed by atoms with Crippen molar-refractivity contribution in [2.75, 3.05) is 19.6 Å². The Bertz CT molecular complexity index is 721. The van der Waals surface area contributed by atoms with Gasteiger partial charge < -0.3 is 15.0 Å². The number of rotatable bonds is 2. The average molecular weight is 323 g/mol. The highest BCUT2D eigenvalue weighted by Gasteiger charge is 2.45. The van der Waals surface area contributed by atoms with Crippen LogP contribution in [0.15, 0.2) is 54.6 Å².